The van der Waals surface area contributed by atoms with Crippen LogP contribution in [0.3, 0.4) is 0 Å². The minimum absolute atomic E-state index is 0.0696. The van der Waals surface area contributed by atoms with Crippen LogP contribution in [0.15, 0.2) is 46.6 Å². The van der Waals surface area contributed by atoms with E-state index in [-0.39, 0.29) is 16.6 Å². The van der Waals surface area contributed by atoms with Gasteiger partial charge in [0.2, 0.25) is 5.11 Å². The Kier molecular flexibility index (Phi) is 8.04. The number of hydrazone groups is 2. The number of hydrogen-bond donors (Lipinski definition) is 4. The summed E-state index contributed by atoms with van der Waals surface area (Å²) < 4.78 is 10.6. The van der Waals surface area contributed by atoms with Gasteiger partial charge in [-0.25, -0.2) is 0 Å². The highest BCUT2D eigenvalue weighted by molar-refractivity contribution is 7.80. The van der Waals surface area contributed by atoms with Gasteiger partial charge in [-0.05, 0) is 73.6 Å². The van der Waals surface area contributed by atoms with Gasteiger partial charge in [0.15, 0.2) is 23.0 Å². The van der Waals surface area contributed by atoms with Gasteiger partial charge in [0.05, 0.1) is 25.6 Å². The maximum atomic E-state index is 9.68. The fourth-order valence-corrected chi connectivity index (χ4v) is 2.23. The van der Waals surface area contributed by atoms with Gasteiger partial charge >= 0.3 is 0 Å². The molecule has 0 heterocycles. The van der Waals surface area contributed by atoms with Crippen LogP contribution in [0.4, 0.5) is 0 Å². The molecular formula is C19H22N4O4S. The van der Waals surface area contributed by atoms with E-state index in [0.29, 0.717) is 24.7 Å². The van der Waals surface area contributed by atoms with Crippen LogP contribution in [0.1, 0.15) is 25.0 Å². The Morgan fingerprint density at radius 3 is 1.71 bits per heavy atom. The van der Waals surface area contributed by atoms with E-state index in [0.717, 1.165) is 11.1 Å². The number of phenolic OH excluding ortho intramolecular Hbond substituents is 2. The Morgan fingerprint density at radius 1 is 0.893 bits per heavy atom. The molecule has 0 amide bonds. The summed E-state index contributed by atoms with van der Waals surface area (Å²) in [5, 5.41) is 27.6. The first-order chi connectivity index (χ1) is 13.5. The van der Waals surface area contributed by atoms with Crippen molar-refractivity contribution in [2.75, 3.05) is 13.2 Å². The molecule has 0 atom stereocenters. The minimum atomic E-state index is 0.0696. The smallest absolute Gasteiger partial charge is 0.207 e. The minimum Gasteiger partial charge on any atom is -0.504 e. The van der Waals surface area contributed by atoms with Crippen molar-refractivity contribution in [1.82, 2.24) is 10.9 Å². The van der Waals surface area contributed by atoms with Crippen LogP contribution in [0, 0.1) is 0 Å². The molecule has 148 valence electrons. The lowest BCUT2D eigenvalue weighted by Gasteiger charge is -2.06. The summed E-state index contributed by atoms with van der Waals surface area (Å²) in [6, 6.07) is 9.78. The van der Waals surface area contributed by atoms with Crippen LogP contribution >= 0.6 is 12.2 Å². The van der Waals surface area contributed by atoms with Crippen molar-refractivity contribution < 1.29 is 19.7 Å². The third kappa shape index (κ3) is 6.44. The second kappa shape index (κ2) is 10.7. The lowest BCUT2D eigenvalue weighted by molar-refractivity contribution is 0.318. The number of ether oxygens (including phenoxy) is 2. The van der Waals surface area contributed by atoms with Gasteiger partial charge in [0.25, 0.3) is 0 Å². The van der Waals surface area contributed by atoms with Crippen molar-refractivity contribution >= 4 is 29.8 Å². The molecule has 8 nitrogen and oxygen atoms in total. The van der Waals surface area contributed by atoms with Crippen LogP contribution in [0.5, 0.6) is 23.0 Å². The van der Waals surface area contributed by atoms with Crippen LogP contribution in [0.25, 0.3) is 0 Å². The van der Waals surface area contributed by atoms with Crippen molar-refractivity contribution in [1.29, 1.82) is 0 Å². The largest absolute Gasteiger partial charge is 0.504 e. The molecule has 9 heteroatoms. The van der Waals surface area contributed by atoms with Gasteiger partial charge in [-0.1, -0.05) is 0 Å². The normalized spacial score (nSPS) is 10.9. The Balaban J connectivity index is 1.87. The predicted molar refractivity (Wildman–Crippen MR) is 113 cm³/mol. The van der Waals surface area contributed by atoms with Gasteiger partial charge in [-0.2, -0.15) is 10.2 Å². The van der Waals surface area contributed by atoms with E-state index in [1.165, 1.54) is 24.6 Å². The molecule has 0 radical (unpaired) electrons. The van der Waals surface area contributed by atoms with Gasteiger partial charge in [0.1, 0.15) is 0 Å². The molecule has 0 bridgehead atoms. The number of nitrogens with zero attached hydrogens (tertiary/aromatic N) is 2. The number of phenols is 2. The molecule has 0 saturated carbocycles. The summed E-state index contributed by atoms with van der Waals surface area (Å²) in [6.07, 6.45) is 3.07. The third-order valence-electron chi connectivity index (χ3n) is 3.33. The summed E-state index contributed by atoms with van der Waals surface area (Å²) in [7, 11) is 0. The highest BCUT2D eigenvalue weighted by Gasteiger charge is 2.03. The molecule has 0 aliphatic carbocycles. The number of aromatic hydroxyl groups is 2. The van der Waals surface area contributed by atoms with Gasteiger partial charge < -0.3 is 19.7 Å². The number of nitrogens with one attached hydrogen (secondary N) is 2. The van der Waals surface area contributed by atoms with Crippen molar-refractivity contribution in [2.45, 2.75) is 13.8 Å². The average Bonchev–Trinajstić information content (AvgIpc) is 2.67. The molecule has 0 fully saturated rings. The van der Waals surface area contributed by atoms with Crippen molar-refractivity contribution in [2.24, 2.45) is 10.2 Å². The molecule has 0 saturated heterocycles. The molecule has 28 heavy (non-hydrogen) atoms. The Bertz CT molecular complexity index is 802. The van der Waals surface area contributed by atoms with Gasteiger partial charge in [-0.15, -0.1) is 0 Å². The molecular weight excluding hydrogens is 380 g/mol. The molecule has 2 aromatic carbocycles. The van der Waals surface area contributed by atoms with Gasteiger partial charge in [0, 0.05) is 0 Å². The van der Waals surface area contributed by atoms with Crippen LogP contribution in [-0.4, -0.2) is 41.0 Å². The van der Waals surface area contributed by atoms with Crippen molar-refractivity contribution in [3.8, 4) is 23.0 Å². The van der Waals surface area contributed by atoms with Crippen LogP contribution < -0.4 is 20.3 Å². The Hall–Kier alpha value is -3.33. The van der Waals surface area contributed by atoms with E-state index in [4.69, 9.17) is 21.7 Å². The fraction of sp³-hybridized carbons (Fsp3) is 0.211. The summed E-state index contributed by atoms with van der Waals surface area (Å²) >= 11 is 5.08. The zero-order valence-corrected chi connectivity index (χ0v) is 16.4. The summed E-state index contributed by atoms with van der Waals surface area (Å²) in [4.78, 5) is 0. The molecule has 4 N–H and O–H groups in total. The summed E-state index contributed by atoms with van der Waals surface area (Å²) in [6.45, 7) is 4.57. The first kappa shape index (κ1) is 21.0. The topological polar surface area (TPSA) is 108 Å². The predicted octanol–water partition coefficient (Wildman–Crippen LogP) is 2.73. The molecule has 0 unspecified atom stereocenters. The van der Waals surface area contributed by atoms with Gasteiger partial charge in [-0.3, -0.25) is 10.9 Å². The van der Waals surface area contributed by atoms with Crippen LogP contribution in [-0.2, 0) is 0 Å². The zero-order chi connectivity index (χ0) is 20.4. The standard InChI is InChI=1S/C19H22N4O4S/c1-3-26-17-9-13(5-7-15(17)24)11-20-22-19(28)23-21-12-14-6-8-16(25)18(10-14)27-4-2/h5-12,24-25H,3-4H2,1-2H3,(H2,22,23,28)/b20-11+,21-12+. The molecule has 2 aromatic rings. The average molecular weight is 402 g/mol. The van der Waals surface area contributed by atoms with E-state index >= 15 is 0 Å². The first-order valence-corrected chi connectivity index (χ1v) is 8.98. The molecule has 0 aliphatic rings. The molecule has 2 rings (SSSR count). The van der Waals surface area contributed by atoms with E-state index in [1.54, 1.807) is 24.3 Å². The van der Waals surface area contributed by atoms with Crippen molar-refractivity contribution in [3.05, 3.63) is 47.5 Å². The summed E-state index contributed by atoms with van der Waals surface area (Å²) in [5.74, 6) is 0.912. The van der Waals surface area contributed by atoms with E-state index in [2.05, 4.69) is 21.1 Å². The lowest BCUT2D eigenvalue weighted by Crippen LogP contribution is -2.28. The van der Waals surface area contributed by atoms with Crippen LogP contribution in [0.2, 0.25) is 0 Å². The number of rotatable bonds is 8. The monoisotopic (exact) mass is 402 g/mol. The maximum Gasteiger partial charge on any atom is 0.207 e. The molecule has 0 spiro atoms. The SMILES string of the molecule is CCOc1cc(/C=N/NC(=S)N/N=C/c2ccc(O)c(OCC)c2)ccc1O. The highest BCUT2D eigenvalue weighted by atomic mass is 32.1. The second-order valence-corrected chi connectivity index (χ2v) is 5.80. The maximum absolute atomic E-state index is 9.68. The Labute approximate surface area is 168 Å². The zero-order valence-electron chi connectivity index (χ0n) is 15.5. The van der Waals surface area contributed by atoms with E-state index in [1.807, 2.05) is 13.8 Å². The number of hydrogen-bond acceptors (Lipinski definition) is 7. The second-order valence-electron chi connectivity index (χ2n) is 5.39. The fourth-order valence-electron chi connectivity index (χ4n) is 2.12. The van der Waals surface area contributed by atoms with E-state index in [9.17, 15) is 10.2 Å². The first-order valence-electron chi connectivity index (χ1n) is 8.57. The van der Waals surface area contributed by atoms with E-state index < -0.39 is 0 Å². The quantitative estimate of drug-likeness (QED) is 0.305. The highest BCUT2D eigenvalue weighted by Crippen LogP contribution is 2.26. The lowest BCUT2D eigenvalue weighted by atomic mass is 10.2. The van der Waals surface area contributed by atoms with Crippen molar-refractivity contribution in [3.63, 3.8) is 0 Å². The molecule has 0 aromatic heterocycles. The summed E-state index contributed by atoms with van der Waals surface area (Å²) in [5.41, 5.74) is 6.72. The Morgan fingerprint density at radius 2 is 1.32 bits per heavy atom. The molecule has 0 aliphatic heterocycles. The third-order valence-corrected chi connectivity index (χ3v) is 3.51. The number of benzene rings is 2. The number of thiocarbonyl (C=S) groups is 1.